The van der Waals surface area contributed by atoms with Crippen LogP contribution in [0.5, 0.6) is 0 Å². The molecule has 1 N–H and O–H groups in total. The summed E-state index contributed by atoms with van der Waals surface area (Å²) in [4.78, 5) is 12.9. The summed E-state index contributed by atoms with van der Waals surface area (Å²) in [6, 6.07) is 8.32. The standard InChI is InChI=1S/C16H23NO4/c1-20-11-14-5-3-2-4-13(14)10-17-8-6-15(7-9-17)21-12-16(18)19/h2-5,15H,6-12H2,1H3,(H,18,19). The van der Waals surface area contributed by atoms with Gasteiger partial charge in [0.05, 0.1) is 12.7 Å². The highest BCUT2D eigenvalue weighted by molar-refractivity contribution is 5.68. The number of aliphatic carboxylic acids is 1. The summed E-state index contributed by atoms with van der Waals surface area (Å²) in [5, 5.41) is 8.62. The van der Waals surface area contributed by atoms with Gasteiger partial charge in [-0.15, -0.1) is 0 Å². The van der Waals surface area contributed by atoms with E-state index in [2.05, 4.69) is 23.1 Å². The number of ether oxygens (including phenoxy) is 2. The van der Waals surface area contributed by atoms with Crippen molar-refractivity contribution in [3.63, 3.8) is 0 Å². The van der Waals surface area contributed by atoms with Crippen molar-refractivity contribution in [3.8, 4) is 0 Å². The first kappa shape index (κ1) is 15.9. The van der Waals surface area contributed by atoms with Crippen molar-refractivity contribution in [1.82, 2.24) is 4.90 Å². The van der Waals surface area contributed by atoms with Gasteiger partial charge in [0.2, 0.25) is 0 Å². The summed E-state index contributed by atoms with van der Waals surface area (Å²) in [7, 11) is 1.71. The van der Waals surface area contributed by atoms with E-state index in [9.17, 15) is 4.79 Å². The van der Waals surface area contributed by atoms with Crippen molar-refractivity contribution in [2.45, 2.75) is 32.1 Å². The molecule has 5 nitrogen and oxygen atoms in total. The molecule has 0 radical (unpaired) electrons. The van der Waals surface area contributed by atoms with Crippen molar-refractivity contribution >= 4 is 5.97 Å². The van der Waals surface area contributed by atoms with Crippen LogP contribution in [-0.2, 0) is 27.4 Å². The third kappa shape index (κ3) is 5.12. The summed E-state index contributed by atoms with van der Waals surface area (Å²) in [6.45, 7) is 3.22. The van der Waals surface area contributed by atoms with Crippen LogP contribution in [0.4, 0.5) is 0 Å². The molecule has 1 heterocycles. The molecule has 5 heteroatoms. The van der Waals surface area contributed by atoms with E-state index in [0.29, 0.717) is 6.61 Å². The third-order valence-electron chi connectivity index (χ3n) is 3.79. The molecule has 0 atom stereocenters. The maximum absolute atomic E-state index is 10.5. The van der Waals surface area contributed by atoms with E-state index < -0.39 is 5.97 Å². The minimum absolute atomic E-state index is 0.0755. The number of methoxy groups -OCH3 is 1. The second-order valence-electron chi connectivity index (χ2n) is 5.38. The van der Waals surface area contributed by atoms with Gasteiger partial charge in [0.1, 0.15) is 6.61 Å². The second kappa shape index (κ2) is 8.12. The van der Waals surface area contributed by atoms with Crippen LogP contribution in [0.25, 0.3) is 0 Å². The molecule has 1 aliphatic rings. The average Bonchev–Trinajstić information content (AvgIpc) is 2.49. The van der Waals surface area contributed by atoms with Crippen LogP contribution < -0.4 is 0 Å². The molecule has 0 spiro atoms. The Morgan fingerprint density at radius 1 is 1.29 bits per heavy atom. The number of piperidine rings is 1. The van der Waals surface area contributed by atoms with Crippen LogP contribution in [0.3, 0.4) is 0 Å². The van der Waals surface area contributed by atoms with Gasteiger partial charge >= 0.3 is 5.97 Å². The minimum Gasteiger partial charge on any atom is -0.480 e. The third-order valence-corrected chi connectivity index (χ3v) is 3.79. The number of carboxylic acid groups (broad SMARTS) is 1. The molecule has 2 rings (SSSR count). The predicted molar refractivity (Wildman–Crippen MR) is 79.0 cm³/mol. The fourth-order valence-corrected chi connectivity index (χ4v) is 2.67. The van der Waals surface area contributed by atoms with Crippen LogP contribution >= 0.6 is 0 Å². The minimum atomic E-state index is -0.897. The molecule has 1 saturated heterocycles. The smallest absolute Gasteiger partial charge is 0.329 e. The summed E-state index contributed by atoms with van der Waals surface area (Å²) < 4.78 is 10.6. The van der Waals surface area contributed by atoms with E-state index in [1.807, 2.05) is 6.07 Å². The van der Waals surface area contributed by atoms with Crippen molar-refractivity contribution in [2.24, 2.45) is 0 Å². The number of carboxylic acids is 1. The molecular formula is C16H23NO4. The normalized spacial score (nSPS) is 17.0. The lowest BCUT2D eigenvalue weighted by atomic mass is 10.0. The molecule has 21 heavy (non-hydrogen) atoms. The molecule has 0 bridgehead atoms. The number of carbonyl (C=O) groups is 1. The summed E-state index contributed by atoms with van der Waals surface area (Å²) in [5.41, 5.74) is 2.52. The van der Waals surface area contributed by atoms with Crippen molar-refractivity contribution in [1.29, 1.82) is 0 Å². The van der Waals surface area contributed by atoms with E-state index in [-0.39, 0.29) is 12.7 Å². The van der Waals surface area contributed by atoms with Crippen LogP contribution in [0.15, 0.2) is 24.3 Å². The predicted octanol–water partition coefficient (Wildman–Crippen LogP) is 1.90. The Morgan fingerprint density at radius 2 is 1.95 bits per heavy atom. The van der Waals surface area contributed by atoms with Gasteiger partial charge in [0.15, 0.2) is 0 Å². The van der Waals surface area contributed by atoms with Crippen molar-refractivity contribution in [3.05, 3.63) is 35.4 Å². The molecule has 116 valence electrons. The van der Waals surface area contributed by atoms with Crippen LogP contribution in [0.1, 0.15) is 24.0 Å². The highest BCUT2D eigenvalue weighted by Gasteiger charge is 2.20. The molecule has 1 aliphatic heterocycles. The molecule has 0 aliphatic carbocycles. The van der Waals surface area contributed by atoms with Crippen LogP contribution in [-0.4, -0.2) is 48.9 Å². The number of nitrogens with zero attached hydrogens (tertiary/aromatic N) is 1. The molecule has 1 aromatic carbocycles. The highest BCUT2D eigenvalue weighted by Crippen LogP contribution is 2.18. The first-order chi connectivity index (χ1) is 10.2. The van der Waals surface area contributed by atoms with Gasteiger partial charge in [-0.25, -0.2) is 4.79 Å². The fourth-order valence-electron chi connectivity index (χ4n) is 2.67. The van der Waals surface area contributed by atoms with Gasteiger partial charge in [0, 0.05) is 26.7 Å². The van der Waals surface area contributed by atoms with Gasteiger partial charge in [-0.1, -0.05) is 24.3 Å². The lowest BCUT2D eigenvalue weighted by Crippen LogP contribution is -2.37. The first-order valence-corrected chi connectivity index (χ1v) is 7.30. The average molecular weight is 293 g/mol. The Hall–Kier alpha value is -1.43. The number of benzene rings is 1. The van der Waals surface area contributed by atoms with E-state index >= 15 is 0 Å². The van der Waals surface area contributed by atoms with Gasteiger partial charge in [-0.05, 0) is 24.0 Å². The number of hydrogen-bond donors (Lipinski definition) is 1. The van der Waals surface area contributed by atoms with Gasteiger partial charge in [0.25, 0.3) is 0 Å². The Balaban J connectivity index is 1.82. The molecule has 1 fully saturated rings. The molecular weight excluding hydrogens is 270 g/mol. The first-order valence-electron chi connectivity index (χ1n) is 7.30. The maximum Gasteiger partial charge on any atom is 0.329 e. The van der Waals surface area contributed by atoms with Crippen LogP contribution in [0.2, 0.25) is 0 Å². The Morgan fingerprint density at radius 3 is 2.57 bits per heavy atom. The Bertz CT molecular complexity index is 455. The Labute approximate surface area is 125 Å². The maximum atomic E-state index is 10.5. The van der Waals surface area contributed by atoms with E-state index in [1.54, 1.807) is 7.11 Å². The number of hydrogen-bond acceptors (Lipinski definition) is 4. The zero-order valence-electron chi connectivity index (χ0n) is 12.5. The Kier molecular flexibility index (Phi) is 6.17. The zero-order chi connectivity index (χ0) is 15.1. The number of rotatable bonds is 7. The largest absolute Gasteiger partial charge is 0.480 e. The lowest BCUT2D eigenvalue weighted by molar-refractivity contribution is -0.145. The van der Waals surface area contributed by atoms with E-state index in [0.717, 1.165) is 32.5 Å². The van der Waals surface area contributed by atoms with Crippen LogP contribution in [0, 0.1) is 0 Å². The summed E-state index contributed by atoms with van der Waals surface area (Å²) >= 11 is 0. The highest BCUT2D eigenvalue weighted by atomic mass is 16.5. The molecule has 1 aromatic rings. The van der Waals surface area contributed by atoms with Gasteiger partial charge in [-0.2, -0.15) is 0 Å². The van der Waals surface area contributed by atoms with E-state index in [4.69, 9.17) is 14.6 Å². The fraction of sp³-hybridized carbons (Fsp3) is 0.562. The zero-order valence-corrected chi connectivity index (χ0v) is 12.5. The van der Waals surface area contributed by atoms with Crippen molar-refractivity contribution in [2.75, 3.05) is 26.8 Å². The molecule has 0 unspecified atom stereocenters. The molecule has 0 amide bonds. The molecule has 0 saturated carbocycles. The van der Waals surface area contributed by atoms with Gasteiger partial charge < -0.3 is 14.6 Å². The topological polar surface area (TPSA) is 59.0 Å². The molecule has 0 aromatic heterocycles. The summed E-state index contributed by atoms with van der Waals surface area (Å²) in [6.07, 6.45) is 1.85. The van der Waals surface area contributed by atoms with Gasteiger partial charge in [-0.3, -0.25) is 4.90 Å². The SMILES string of the molecule is COCc1ccccc1CN1CCC(OCC(=O)O)CC1. The quantitative estimate of drug-likeness (QED) is 0.832. The second-order valence-corrected chi connectivity index (χ2v) is 5.38. The summed E-state index contributed by atoms with van der Waals surface area (Å²) in [5.74, 6) is -0.897. The number of likely N-dealkylation sites (tertiary alicyclic amines) is 1. The van der Waals surface area contributed by atoms with E-state index in [1.165, 1.54) is 11.1 Å². The van der Waals surface area contributed by atoms with Crippen molar-refractivity contribution < 1.29 is 19.4 Å². The lowest BCUT2D eigenvalue weighted by Gasteiger charge is -2.32. The monoisotopic (exact) mass is 293 g/mol.